The van der Waals surface area contributed by atoms with Gasteiger partial charge in [-0.05, 0) is 19.3 Å². The Morgan fingerprint density at radius 2 is 2.13 bits per heavy atom. The molecular formula is C11H16O4. The average Bonchev–Trinajstić information content (AvgIpc) is 2.18. The Morgan fingerprint density at radius 3 is 2.87 bits per heavy atom. The number of carbonyl (C=O) groups excluding carboxylic acids is 2. The van der Waals surface area contributed by atoms with Crippen molar-refractivity contribution in [3.8, 4) is 0 Å². The number of rotatable bonds is 1. The van der Waals surface area contributed by atoms with Crippen molar-refractivity contribution in [2.75, 3.05) is 0 Å². The molecule has 0 aromatic rings. The third-order valence-electron chi connectivity index (χ3n) is 3.19. The van der Waals surface area contributed by atoms with Gasteiger partial charge in [-0.25, -0.2) is 4.79 Å². The molecule has 4 heteroatoms. The largest absolute Gasteiger partial charge is 0.459 e. The van der Waals surface area contributed by atoms with Crippen molar-refractivity contribution < 1.29 is 19.1 Å². The predicted molar refractivity (Wildman–Crippen MR) is 52.0 cm³/mol. The molecule has 0 N–H and O–H groups in total. The minimum absolute atomic E-state index is 0.0676. The van der Waals surface area contributed by atoms with Crippen molar-refractivity contribution >= 4 is 11.9 Å². The van der Waals surface area contributed by atoms with E-state index in [2.05, 4.69) is 0 Å². The first kappa shape index (κ1) is 10.5. The van der Waals surface area contributed by atoms with Crippen molar-refractivity contribution in [1.29, 1.82) is 0 Å². The number of carbonyl (C=O) groups is 2. The summed E-state index contributed by atoms with van der Waals surface area (Å²) in [7, 11) is 0. The molecule has 1 heterocycles. The Hall–Kier alpha value is -1.06. The molecule has 2 aliphatic rings. The SMILES string of the molecule is CC(=O)O[C@H]1CC2CCCCC2OC1=O. The number of fused-ring (bicyclic) bond motifs is 1. The molecular weight excluding hydrogens is 196 g/mol. The van der Waals surface area contributed by atoms with Crippen LogP contribution in [0.5, 0.6) is 0 Å². The van der Waals surface area contributed by atoms with Crippen molar-refractivity contribution in [3.05, 3.63) is 0 Å². The second-order valence-electron chi connectivity index (χ2n) is 4.35. The molecule has 1 aliphatic heterocycles. The van der Waals surface area contributed by atoms with Crippen LogP contribution in [0.2, 0.25) is 0 Å². The van der Waals surface area contributed by atoms with Gasteiger partial charge in [0.2, 0.25) is 0 Å². The standard InChI is InChI=1S/C11H16O4/c1-7(12)14-10-6-8-4-2-3-5-9(8)15-11(10)13/h8-10H,2-6H2,1H3/t8?,9?,10-/m0/s1. The van der Waals surface area contributed by atoms with E-state index in [-0.39, 0.29) is 12.1 Å². The van der Waals surface area contributed by atoms with Gasteiger partial charge in [-0.1, -0.05) is 6.42 Å². The number of hydrogen-bond acceptors (Lipinski definition) is 4. The van der Waals surface area contributed by atoms with E-state index >= 15 is 0 Å². The summed E-state index contributed by atoms with van der Waals surface area (Å²) >= 11 is 0. The van der Waals surface area contributed by atoms with E-state index in [9.17, 15) is 9.59 Å². The van der Waals surface area contributed by atoms with Gasteiger partial charge >= 0.3 is 11.9 Å². The lowest BCUT2D eigenvalue weighted by Gasteiger charge is -2.37. The molecule has 84 valence electrons. The Kier molecular flexibility index (Phi) is 2.93. The second kappa shape index (κ2) is 4.21. The summed E-state index contributed by atoms with van der Waals surface area (Å²) in [6.45, 7) is 1.32. The predicted octanol–water partition coefficient (Wildman–Crippen LogP) is 1.42. The molecule has 0 spiro atoms. The maximum atomic E-state index is 11.5. The summed E-state index contributed by atoms with van der Waals surface area (Å²) in [6, 6.07) is 0. The van der Waals surface area contributed by atoms with Crippen LogP contribution in [0.1, 0.15) is 39.0 Å². The van der Waals surface area contributed by atoms with E-state index in [0.717, 1.165) is 19.3 Å². The Balaban J connectivity index is 1.98. The van der Waals surface area contributed by atoms with Crippen LogP contribution < -0.4 is 0 Å². The summed E-state index contributed by atoms with van der Waals surface area (Å²) in [4.78, 5) is 22.3. The summed E-state index contributed by atoms with van der Waals surface area (Å²) in [5.74, 6) is -0.389. The van der Waals surface area contributed by atoms with E-state index in [4.69, 9.17) is 9.47 Å². The van der Waals surface area contributed by atoms with Crippen LogP contribution in [-0.4, -0.2) is 24.1 Å². The first-order valence-electron chi connectivity index (χ1n) is 5.54. The monoisotopic (exact) mass is 212 g/mol. The van der Waals surface area contributed by atoms with Crippen molar-refractivity contribution in [2.45, 2.75) is 51.2 Å². The van der Waals surface area contributed by atoms with E-state index in [0.29, 0.717) is 12.3 Å². The van der Waals surface area contributed by atoms with Gasteiger partial charge in [0.05, 0.1) is 0 Å². The second-order valence-corrected chi connectivity index (χ2v) is 4.35. The molecule has 0 aromatic heterocycles. The lowest BCUT2D eigenvalue weighted by molar-refractivity contribution is -0.185. The van der Waals surface area contributed by atoms with Crippen molar-refractivity contribution in [1.82, 2.24) is 0 Å². The molecule has 1 aliphatic carbocycles. The van der Waals surface area contributed by atoms with E-state index < -0.39 is 12.1 Å². The molecule has 4 nitrogen and oxygen atoms in total. The van der Waals surface area contributed by atoms with Crippen LogP contribution in [0.3, 0.4) is 0 Å². The highest BCUT2D eigenvalue weighted by Gasteiger charge is 2.40. The van der Waals surface area contributed by atoms with Crippen LogP contribution in [-0.2, 0) is 19.1 Å². The van der Waals surface area contributed by atoms with E-state index in [1.807, 2.05) is 0 Å². The van der Waals surface area contributed by atoms with Crippen LogP contribution in [0.25, 0.3) is 0 Å². The zero-order valence-corrected chi connectivity index (χ0v) is 8.90. The topological polar surface area (TPSA) is 52.6 Å². The van der Waals surface area contributed by atoms with Gasteiger partial charge in [-0.2, -0.15) is 0 Å². The molecule has 2 fully saturated rings. The van der Waals surface area contributed by atoms with Gasteiger partial charge in [0.1, 0.15) is 6.10 Å². The molecule has 2 rings (SSSR count). The van der Waals surface area contributed by atoms with Crippen LogP contribution >= 0.6 is 0 Å². The molecule has 0 amide bonds. The van der Waals surface area contributed by atoms with Crippen LogP contribution in [0.15, 0.2) is 0 Å². The molecule has 0 aromatic carbocycles. The fraction of sp³-hybridized carbons (Fsp3) is 0.818. The number of esters is 2. The van der Waals surface area contributed by atoms with E-state index in [1.54, 1.807) is 0 Å². The minimum Gasteiger partial charge on any atom is -0.459 e. The lowest BCUT2D eigenvalue weighted by Crippen LogP contribution is -2.44. The van der Waals surface area contributed by atoms with Crippen LogP contribution in [0, 0.1) is 5.92 Å². The molecule has 15 heavy (non-hydrogen) atoms. The third kappa shape index (κ3) is 2.30. The molecule has 0 bridgehead atoms. The van der Waals surface area contributed by atoms with Crippen molar-refractivity contribution in [2.24, 2.45) is 5.92 Å². The fourth-order valence-electron chi connectivity index (χ4n) is 2.49. The summed E-state index contributed by atoms with van der Waals surface area (Å²) < 4.78 is 10.2. The highest BCUT2D eigenvalue weighted by atomic mass is 16.6. The zero-order chi connectivity index (χ0) is 10.8. The van der Waals surface area contributed by atoms with Crippen LogP contribution in [0.4, 0.5) is 0 Å². The highest BCUT2D eigenvalue weighted by molar-refractivity contribution is 5.79. The zero-order valence-electron chi connectivity index (χ0n) is 8.90. The Morgan fingerprint density at radius 1 is 1.40 bits per heavy atom. The van der Waals surface area contributed by atoms with Gasteiger partial charge in [-0.3, -0.25) is 4.79 Å². The maximum absolute atomic E-state index is 11.5. The summed E-state index contributed by atoms with van der Waals surface area (Å²) in [6.07, 6.45) is 4.40. The molecule has 0 radical (unpaired) electrons. The lowest BCUT2D eigenvalue weighted by atomic mass is 9.81. The molecule has 1 saturated carbocycles. The summed E-state index contributed by atoms with van der Waals surface area (Å²) in [5, 5.41) is 0. The van der Waals surface area contributed by atoms with Gasteiger partial charge in [0.25, 0.3) is 0 Å². The molecule has 2 unspecified atom stereocenters. The third-order valence-corrected chi connectivity index (χ3v) is 3.19. The first-order chi connectivity index (χ1) is 7.16. The quantitative estimate of drug-likeness (QED) is 0.617. The van der Waals surface area contributed by atoms with Gasteiger partial charge < -0.3 is 9.47 Å². The van der Waals surface area contributed by atoms with Gasteiger partial charge in [0, 0.05) is 19.3 Å². The normalized spacial score (nSPS) is 35.3. The first-order valence-corrected chi connectivity index (χ1v) is 5.54. The van der Waals surface area contributed by atoms with Gasteiger partial charge in [-0.15, -0.1) is 0 Å². The van der Waals surface area contributed by atoms with Gasteiger partial charge in [0.15, 0.2) is 6.10 Å². The minimum atomic E-state index is -0.665. The smallest absolute Gasteiger partial charge is 0.347 e. The van der Waals surface area contributed by atoms with E-state index in [1.165, 1.54) is 13.3 Å². The molecule has 3 atom stereocenters. The number of ether oxygens (including phenoxy) is 2. The average molecular weight is 212 g/mol. The fourth-order valence-corrected chi connectivity index (χ4v) is 2.49. The maximum Gasteiger partial charge on any atom is 0.347 e. The Bertz CT molecular complexity index is 274. The molecule has 1 saturated heterocycles. The van der Waals surface area contributed by atoms with Crippen molar-refractivity contribution in [3.63, 3.8) is 0 Å². The Labute approximate surface area is 88.9 Å². The summed E-state index contributed by atoms with van der Waals surface area (Å²) in [5.41, 5.74) is 0. The number of hydrogen-bond donors (Lipinski definition) is 0. The highest BCUT2D eigenvalue weighted by Crippen LogP contribution is 2.34.